The standard InChI is InChI=1S/C61H43NOS/c1-39-29-33-56-54(35-39)61(52-27-15-16-28-55(52)63-56)51-26-14-13-25-47(51)48-32-31-45(38-53(48)61)62(44-22-9-4-10-23-44)59-46-24-12-11-21-42(46)36-50-49-37-43(30-34-57(49)64-60(50)59)58(40-17-5-2-6-18-40)41-19-7-3-8-20-41/h2-34,36-39,58H,35H2,1H3. The van der Waals surface area contributed by atoms with Crippen molar-refractivity contribution in [2.75, 3.05) is 4.90 Å². The van der Waals surface area contributed by atoms with Crippen LogP contribution in [0, 0.1) is 5.92 Å². The lowest BCUT2D eigenvalue weighted by molar-refractivity contribution is 0.380. The number of benzene rings is 9. The molecule has 2 heterocycles. The van der Waals surface area contributed by atoms with Crippen LogP contribution < -0.4 is 9.64 Å². The number of fused-ring (bicyclic) bond motifs is 12. The lowest BCUT2D eigenvalue weighted by Gasteiger charge is -2.43. The molecular formula is C61H43NOS. The molecule has 0 N–H and O–H groups in total. The molecule has 1 spiro atoms. The Morgan fingerprint density at radius 2 is 1.22 bits per heavy atom. The quantitative estimate of drug-likeness (QED) is 0.155. The molecule has 2 aliphatic carbocycles. The second kappa shape index (κ2) is 14.6. The number of nitrogens with zero attached hydrogens (tertiary/aromatic N) is 1. The van der Waals surface area contributed by atoms with Crippen molar-refractivity contribution >= 4 is 59.3 Å². The minimum Gasteiger partial charge on any atom is -0.457 e. The van der Waals surface area contributed by atoms with Crippen LogP contribution in [0.2, 0.25) is 0 Å². The molecule has 13 rings (SSSR count). The molecule has 0 saturated heterocycles. The number of rotatable bonds is 6. The van der Waals surface area contributed by atoms with Gasteiger partial charge in [-0.15, -0.1) is 11.3 Å². The predicted octanol–water partition coefficient (Wildman–Crippen LogP) is 16.4. The van der Waals surface area contributed by atoms with Gasteiger partial charge in [-0.2, -0.15) is 0 Å². The van der Waals surface area contributed by atoms with Gasteiger partial charge in [0.05, 0.1) is 15.8 Å². The molecule has 2 nitrogen and oxygen atoms in total. The largest absolute Gasteiger partial charge is 0.457 e. The van der Waals surface area contributed by atoms with Crippen molar-refractivity contribution in [2.24, 2.45) is 5.92 Å². The minimum atomic E-state index is -0.510. The van der Waals surface area contributed by atoms with Crippen LogP contribution in [0.15, 0.2) is 230 Å². The fourth-order valence-electron chi connectivity index (χ4n) is 11.3. The van der Waals surface area contributed by atoms with Gasteiger partial charge in [0.25, 0.3) is 0 Å². The Hall–Kier alpha value is -7.46. The van der Waals surface area contributed by atoms with E-state index in [0.29, 0.717) is 5.92 Å². The van der Waals surface area contributed by atoms with Crippen LogP contribution in [0.25, 0.3) is 42.1 Å². The summed E-state index contributed by atoms with van der Waals surface area (Å²) in [6.07, 6.45) is 5.45. The summed E-state index contributed by atoms with van der Waals surface area (Å²) in [5.74, 6) is 2.40. The van der Waals surface area contributed by atoms with Crippen LogP contribution in [-0.4, -0.2) is 0 Å². The lowest BCUT2D eigenvalue weighted by atomic mass is 9.63. The average Bonchev–Trinajstić information content (AvgIpc) is 3.86. The number of hydrogen-bond donors (Lipinski definition) is 0. The maximum absolute atomic E-state index is 6.80. The number of anilines is 3. The zero-order valence-electron chi connectivity index (χ0n) is 35.4. The van der Waals surface area contributed by atoms with Crippen LogP contribution in [0.1, 0.15) is 52.6 Å². The monoisotopic (exact) mass is 837 g/mol. The second-order valence-corrected chi connectivity index (χ2v) is 18.7. The molecule has 1 aromatic heterocycles. The van der Waals surface area contributed by atoms with Crippen LogP contribution in [0.4, 0.5) is 17.1 Å². The molecule has 304 valence electrons. The van der Waals surface area contributed by atoms with Crippen LogP contribution >= 0.6 is 11.3 Å². The summed E-state index contributed by atoms with van der Waals surface area (Å²) in [7, 11) is 0. The smallest absolute Gasteiger partial charge is 0.132 e. The summed E-state index contributed by atoms with van der Waals surface area (Å²) in [6, 6.07) is 76.5. The van der Waals surface area contributed by atoms with Crippen LogP contribution in [-0.2, 0) is 5.41 Å². The molecule has 10 aromatic rings. The van der Waals surface area contributed by atoms with Gasteiger partial charge in [0.2, 0.25) is 0 Å². The first-order valence-electron chi connectivity index (χ1n) is 22.4. The number of para-hydroxylation sites is 2. The van der Waals surface area contributed by atoms with Crippen molar-refractivity contribution < 1.29 is 4.74 Å². The molecule has 9 aromatic carbocycles. The summed E-state index contributed by atoms with van der Waals surface area (Å²) < 4.78 is 9.36. The molecule has 3 aliphatic rings. The Kier molecular flexibility index (Phi) is 8.44. The number of thiophene rings is 1. The van der Waals surface area contributed by atoms with Gasteiger partial charge in [-0.25, -0.2) is 0 Å². The summed E-state index contributed by atoms with van der Waals surface area (Å²) in [5.41, 5.74) is 14.6. The Bertz CT molecular complexity index is 3490. The molecule has 2 unspecified atom stereocenters. The topological polar surface area (TPSA) is 12.5 Å². The molecule has 1 aliphatic heterocycles. The molecule has 64 heavy (non-hydrogen) atoms. The summed E-state index contributed by atoms with van der Waals surface area (Å²) in [4.78, 5) is 2.54. The van der Waals surface area contributed by atoms with Crippen molar-refractivity contribution in [3.05, 3.63) is 263 Å². The van der Waals surface area contributed by atoms with Crippen LogP contribution in [0.5, 0.6) is 5.75 Å². The number of ether oxygens (including phenoxy) is 1. The molecule has 0 fully saturated rings. The third-order valence-electron chi connectivity index (χ3n) is 14.0. The van der Waals surface area contributed by atoms with E-state index in [9.17, 15) is 0 Å². The summed E-state index contributed by atoms with van der Waals surface area (Å²) >= 11 is 1.90. The van der Waals surface area contributed by atoms with Crippen molar-refractivity contribution in [3.8, 4) is 16.9 Å². The van der Waals surface area contributed by atoms with E-state index in [-0.39, 0.29) is 5.92 Å². The zero-order chi connectivity index (χ0) is 42.4. The number of hydrogen-bond acceptors (Lipinski definition) is 3. The van der Waals surface area contributed by atoms with E-state index in [1.54, 1.807) is 0 Å². The normalized spacial score (nSPS) is 17.1. The molecule has 2 atom stereocenters. The van der Waals surface area contributed by atoms with Crippen molar-refractivity contribution in [1.82, 2.24) is 0 Å². The third-order valence-corrected chi connectivity index (χ3v) is 15.2. The van der Waals surface area contributed by atoms with Gasteiger partial charge in [-0.3, -0.25) is 0 Å². The Balaban J connectivity index is 1.08. The minimum absolute atomic E-state index is 0.110. The lowest BCUT2D eigenvalue weighted by Crippen LogP contribution is -2.36. The first kappa shape index (κ1) is 37.1. The van der Waals surface area contributed by atoms with E-state index in [4.69, 9.17) is 4.74 Å². The van der Waals surface area contributed by atoms with Gasteiger partial charge in [-0.1, -0.05) is 171 Å². The van der Waals surface area contributed by atoms with Crippen molar-refractivity contribution in [3.63, 3.8) is 0 Å². The van der Waals surface area contributed by atoms with Gasteiger partial charge >= 0.3 is 0 Å². The highest BCUT2D eigenvalue weighted by atomic mass is 32.1. The molecule has 0 amide bonds. The predicted molar refractivity (Wildman–Crippen MR) is 268 cm³/mol. The third kappa shape index (κ3) is 5.50. The van der Waals surface area contributed by atoms with Gasteiger partial charge < -0.3 is 9.64 Å². The fourth-order valence-corrected chi connectivity index (χ4v) is 12.5. The summed E-state index contributed by atoms with van der Waals surface area (Å²) in [6.45, 7) is 2.33. The van der Waals surface area contributed by atoms with E-state index < -0.39 is 5.41 Å². The van der Waals surface area contributed by atoms with Crippen molar-refractivity contribution in [1.29, 1.82) is 0 Å². The van der Waals surface area contributed by atoms with E-state index in [2.05, 4.69) is 230 Å². The van der Waals surface area contributed by atoms with Gasteiger partial charge in [0.15, 0.2) is 0 Å². The second-order valence-electron chi connectivity index (χ2n) is 17.6. The van der Waals surface area contributed by atoms with Crippen LogP contribution in [0.3, 0.4) is 0 Å². The molecule has 0 radical (unpaired) electrons. The molecule has 3 heteroatoms. The maximum atomic E-state index is 6.80. The molecule has 0 bridgehead atoms. The highest BCUT2D eigenvalue weighted by Gasteiger charge is 2.52. The molecular weight excluding hydrogens is 795 g/mol. The van der Waals surface area contributed by atoms with Gasteiger partial charge in [0.1, 0.15) is 11.5 Å². The highest BCUT2D eigenvalue weighted by molar-refractivity contribution is 7.26. The zero-order valence-corrected chi connectivity index (χ0v) is 36.2. The fraction of sp³-hybridized carbons (Fsp3) is 0.0820. The highest BCUT2D eigenvalue weighted by Crippen LogP contribution is 2.63. The van der Waals surface area contributed by atoms with E-state index >= 15 is 0 Å². The first-order chi connectivity index (χ1) is 31.6. The van der Waals surface area contributed by atoms with E-state index in [0.717, 1.165) is 29.3 Å². The Morgan fingerprint density at radius 1 is 0.547 bits per heavy atom. The maximum Gasteiger partial charge on any atom is 0.132 e. The van der Waals surface area contributed by atoms with Gasteiger partial charge in [-0.05, 0) is 117 Å². The van der Waals surface area contributed by atoms with E-state index in [1.165, 1.54) is 86.7 Å². The SMILES string of the molecule is CC1C=CC2=C(C1)C1(c3ccccc3O2)c2ccccc2-c2ccc(N(c3ccccc3)c3c4ccccc4cc4c3sc3ccc(C(c5ccccc5)c5ccccc5)cc34)cc21. The Labute approximate surface area is 377 Å². The van der Waals surface area contributed by atoms with Crippen molar-refractivity contribution in [2.45, 2.75) is 24.7 Å². The Morgan fingerprint density at radius 3 is 2.02 bits per heavy atom. The molecule has 0 saturated carbocycles. The summed E-state index contributed by atoms with van der Waals surface area (Å²) in [5, 5.41) is 5.01. The number of allylic oxidation sites excluding steroid dienone is 3. The van der Waals surface area contributed by atoms with E-state index in [1.807, 2.05) is 11.3 Å². The van der Waals surface area contributed by atoms with Gasteiger partial charge in [0, 0.05) is 43.7 Å². The average molecular weight is 838 g/mol. The first-order valence-corrected chi connectivity index (χ1v) is 23.2.